The van der Waals surface area contributed by atoms with Crippen LogP contribution in [0.5, 0.6) is 5.88 Å². The van der Waals surface area contributed by atoms with Crippen molar-refractivity contribution in [1.29, 1.82) is 0 Å². The summed E-state index contributed by atoms with van der Waals surface area (Å²) in [6.45, 7) is 0.968. The third-order valence-corrected chi connectivity index (χ3v) is 8.04. The van der Waals surface area contributed by atoms with Gasteiger partial charge in [-0.25, -0.2) is 4.98 Å². The van der Waals surface area contributed by atoms with E-state index in [1.54, 1.807) is 7.11 Å². The monoisotopic (exact) mass is 582 g/mol. The third kappa shape index (κ3) is 5.86. The van der Waals surface area contributed by atoms with Gasteiger partial charge in [0.05, 0.1) is 12.6 Å². The maximum Gasteiger partial charge on any atom is 0.217 e. The molecule has 4 aromatic carbocycles. The Balaban J connectivity index is 1.75. The van der Waals surface area contributed by atoms with Crippen molar-refractivity contribution in [2.75, 3.05) is 27.7 Å². The standard InChI is InChI=1S/C34H35BrN2O2/c1-37(2)20-9-8-19-34(38,28-18-17-24-11-4-5-12-25(24)21-28)32(27-14-10-15-29(35)22-27)30-23-26-13-6-7-16-31(26)36-33(30)39-3/h4-7,10-18,21-23,32,38H,8-9,19-20H2,1-3H3. The Hall–Kier alpha value is -3.25. The predicted molar refractivity (Wildman–Crippen MR) is 165 cm³/mol. The summed E-state index contributed by atoms with van der Waals surface area (Å²) >= 11 is 3.68. The second kappa shape index (κ2) is 11.9. The van der Waals surface area contributed by atoms with E-state index in [0.29, 0.717) is 12.3 Å². The van der Waals surface area contributed by atoms with Crippen LogP contribution in [0.3, 0.4) is 0 Å². The molecule has 4 nitrogen and oxygen atoms in total. The lowest BCUT2D eigenvalue weighted by Crippen LogP contribution is -2.35. The second-order valence-corrected chi connectivity index (χ2v) is 11.4. The minimum absolute atomic E-state index is 0.414. The highest BCUT2D eigenvalue weighted by atomic mass is 79.9. The number of nitrogens with zero attached hydrogens (tertiary/aromatic N) is 2. The SMILES string of the molecule is COc1nc2ccccc2cc1C(c1cccc(Br)c1)C(O)(CCCCN(C)C)c1ccc2ccccc2c1. The maximum atomic E-state index is 13.0. The molecule has 0 saturated heterocycles. The summed E-state index contributed by atoms with van der Waals surface area (Å²) < 4.78 is 6.87. The summed E-state index contributed by atoms with van der Waals surface area (Å²) in [5.41, 5.74) is 2.42. The number of unbranched alkanes of at least 4 members (excludes halogenated alkanes) is 1. The van der Waals surface area contributed by atoms with Crippen LogP contribution in [0.4, 0.5) is 0 Å². The van der Waals surface area contributed by atoms with Crippen LogP contribution in [-0.4, -0.2) is 42.7 Å². The second-order valence-electron chi connectivity index (χ2n) is 10.5. The molecule has 0 spiro atoms. The number of aliphatic hydroxyl groups is 1. The number of hydrogen-bond acceptors (Lipinski definition) is 4. The number of benzene rings is 4. The van der Waals surface area contributed by atoms with E-state index in [1.165, 1.54) is 0 Å². The molecule has 5 rings (SSSR count). The topological polar surface area (TPSA) is 45.6 Å². The molecule has 1 N–H and O–H groups in total. The number of methoxy groups -OCH3 is 1. The van der Waals surface area contributed by atoms with Crippen LogP contribution in [0.1, 0.15) is 41.9 Å². The van der Waals surface area contributed by atoms with Crippen LogP contribution >= 0.6 is 15.9 Å². The molecule has 39 heavy (non-hydrogen) atoms. The number of pyridine rings is 1. The van der Waals surface area contributed by atoms with Gasteiger partial charge in [0, 0.05) is 21.3 Å². The van der Waals surface area contributed by atoms with Crippen molar-refractivity contribution < 1.29 is 9.84 Å². The van der Waals surface area contributed by atoms with E-state index < -0.39 is 11.5 Å². The first-order valence-corrected chi connectivity index (χ1v) is 14.2. The van der Waals surface area contributed by atoms with Gasteiger partial charge in [0.2, 0.25) is 5.88 Å². The highest BCUT2D eigenvalue weighted by Crippen LogP contribution is 2.48. The molecule has 2 atom stereocenters. The molecular formula is C34H35BrN2O2. The quantitative estimate of drug-likeness (QED) is 0.170. The van der Waals surface area contributed by atoms with Crippen LogP contribution in [0.25, 0.3) is 21.7 Å². The van der Waals surface area contributed by atoms with Gasteiger partial charge in [0.25, 0.3) is 0 Å². The van der Waals surface area contributed by atoms with Crippen LogP contribution in [0.15, 0.2) is 102 Å². The molecular weight excluding hydrogens is 548 g/mol. The maximum absolute atomic E-state index is 13.0. The summed E-state index contributed by atoms with van der Waals surface area (Å²) in [4.78, 5) is 7.08. The minimum Gasteiger partial charge on any atom is -0.481 e. The third-order valence-electron chi connectivity index (χ3n) is 7.54. The number of rotatable bonds is 10. The van der Waals surface area contributed by atoms with Crippen molar-refractivity contribution >= 4 is 37.6 Å². The van der Waals surface area contributed by atoms with Crippen molar-refractivity contribution in [3.8, 4) is 5.88 Å². The first kappa shape index (κ1) is 27.3. The number of aromatic nitrogens is 1. The summed E-state index contributed by atoms with van der Waals surface area (Å²) in [7, 11) is 5.83. The van der Waals surface area contributed by atoms with E-state index in [2.05, 4.69) is 89.5 Å². The molecule has 0 amide bonds. The average Bonchev–Trinajstić information content (AvgIpc) is 2.94. The number of fused-ring (bicyclic) bond motifs is 2. The summed E-state index contributed by atoms with van der Waals surface area (Å²) in [5, 5.41) is 16.3. The Morgan fingerprint density at radius 2 is 1.59 bits per heavy atom. The van der Waals surface area contributed by atoms with Crippen LogP contribution in [0.2, 0.25) is 0 Å². The Labute approximate surface area is 239 Å². The Bertz CT molecular complexity index is 1580. The lowest BCUT2D eigenvalue weighted by Gasteiger charge is -2.38. The Morgan fingerprint density at radius 3 is 2.33 bits per heavy atom. The van der Waals surface area contributed by atoms with Crippen LogP contribution < -0.4 is 4.74 Å². The van der Waals surface area contributed by atoms with E-state index in [9.17, 15) is 5.11 Å². The molecule has 0 bridgehead atoms. The molecule has 5 heteroatoms. The molecule has 0 aliphatic heterocycles. The number of halogens is 1. The first-order chi connectivity index (χ1) is 18.9. The van der Waals surface area contributed by atoms with Gasteiger partial charge in [-0.05, 0) is 92.1 Å². The van der Waals surface area contributed by atoms with Crippen molar-refractivity contribution in [1.82, 2.24) is 9.88 Å². The van der Waals surface area contributed by atoms with E-state index in [4.69, 9.17) is 9.72 Å². The molecule has 2 unspecified atom stereocenters. The van der Waals surface area contributed by atoms with E-state index >= 15 is 0 Å². The molecule has 0 radical (unpaired) electrons. The molecule has 1 heterocycles. The normalized spacial score (nSPS) is 14.0. The summed E-state index contributed by atoms with van der Waals surface area (Å²) in [6, 6.07) is 33.1. The van der Waals surface area contributed by atoms with Gasteiger partial charge in [-0.15, -0.1) is 0 Å². The Kier molecular flexibility index (Phi) is 8.31. The van der Waals surface area contributed by atoms with Gasteiger partial charge >= 0.3 is 0 Å². The molecule has 0 fully saturated rings. The molecule has 0 aliphatic carbocycles. The van der Waals surface area contributed by atoms with E-state index in [-0.39, 0.29) is 0 Å². The van der Waals surface area contributed by atoms with Gasteiger partial charge in [-0.3, -0.25) is 0 Å². The zero-order valence-corrected chi connectivity index (χ0v) is 24.4. The van der Waals surface area contributed by atoms with Crippen molar-refractivity contribution in [2.45, 2.75) is 30.8 Å². The van der Waals surface area contributed by atoms with Gasteiger partial charge in [-0.1, -0.05) is 82.7 Å². The average molecular weight is 584 g/mol. The highest BCUT2D eigenvalue weighted by Gasteiger charge is 2.42. The number of ether oxygens (including phenoxy) is 1. The zero-order chi connectivity index (χ0) is 27.4. The fourth-order valence-electron chi connectivity index (χ4n) is 5.62. The van der Waals surface area contributed by atoms with Gasteiger partial charge in [0.1, 0.15) is 5.60 Å². The smallest absolute Gasteiger partial charge is 0.217 e. The van der Waals surface area contributed by atoms with Crippen molar-refractivity contribution in [2.24, 2.45) is 0 Å². The zero-order valence-electron chi connectivity index (χ0n) is 22.8. The predicted octanol–water partition coefficient (Wildman–Crippen LogP) is 7.91. The van der Waals surface area contributed by atoms with E-state index in [0.717, 1.165) is 62.2 Å². The lowest BCUT2D eigenvalue weighted by atomic mass is 9.71. The molecule has 0 saturated carbocycles. The largest absolute Gasteiger partial charge is 0.481 e. The van der Waals surface area contributed by atoms with Crippen molar-refractivity contribution in [3.63, 3.8) is 0 Å². The molecule has 0 aliphatic rings. The fraction of sp³-hybridized carbons (Fsp3) is 0.265. The van der Waals surface area contributed by atoms with Gasteiger partial charge in [0.15, 0.2) is 0 Å². The van der Waals surface area contributed by atoms with Crippen LogP contribution in [-0.2, 0) is 5.60 Å². The first-order valence-electron chi connectivity index (χ1n) is 13.4. The molecule has 5 aromatic rings. The van der Waals surface area contributed by atoms with Crippen LogP contribution in [0, 0.1) is 0 Å². The highest BCUT2D eigenvalue weighted by molar-refractivity contribution is 9.10. The molecule has 1 aromatic heterocycles. The van der Waals surface area contributed by atoms with Gasteiger partial charge < -0.3 is 14.7 Å². The molecule has 200 valence electrons. The number of para-hydroxylation sites is 1. The van der Waals surface area contributed by atoms with Gasteiger partial charge in [-0.2, -0.15) is 0 Å². The minimum atomic E-state index is -1.21. The number of hydrogen-bond donors (Lipinski definition) is 1. The Morgan fingerprint density at radius 1 is 0.846 bits per heavy atom. The summed E-state index contributed by atoms with van der Waals surface area (Å²) in [6.07, 6.45) is 2.45. The fourth-order valence-corrected chi connectivity index (χ4v) is 6.04. The lowest BCUT2D eigenvalue weighted by molar-refractivity contribution is 0.00689. The van der Waals surface area contributed by atoms with Crippen molar-refractivity contribution in [3.05, 3.63) is 118 Å². The van der Waals surface area contributed by atoms with E-state index in [1.807, 2.05) is 42.5 Å². The summed E-state index contributed by atoms with van der Waals surface area (Å²) in [5.74, 6) is 0.119.